The third kappa shape index (κ3) is 5.06. The molecular formula is C18H18ClN3O3. The van der Waals surface area contributed by atoms with E-state index in [9.17, 15) is 14.4 Å². The summed E-state index contributed by atoms with van der Waals surface area (Å²) in [5.41, 5.74) is 2.60. The van der Waals surface area contributed by atoms with Crippen LogP contribution in [0.5, 0.6) is 0 Å². The minimum Gasteiger partial charge on any atom is -0.326 e. The minimum atomic E-state index is -0.388. The number of halogens is 1. The quantitative estimate of drug-likeness (QED) is 0.775. The number of benzene rings is 2. The first-order chi connectivity index (χ1) is 11.8. The Labute approximate surface area is 150 Å². The van der Waals surface area contributed by atoms with Crippen LogP contribution in [0.1, 0.15) is 29.8 Å². The molecular weight excluding hydrogens is 342 g/mol. The van der Waals surface area contributed by atoms with E-state index in [4.69, 9.17) is 11.6 Å². The van der Waals surface area contributed by atoms with Gasteiger partial charge in [0.1, 0.15) is 0 Å². The standard InChI is InChI=1S/C18H18ClN3O3/c1-10-4-5-13(8-16(10)21-12(3)24)18(25)22-17-9-14(19)6-7-15(17)20-11(2)23/h4-9H,1-3H3,(H,20,23)(H,21,24)(H,22,25). The van der Waals surface area contributed by atoms with Crippen LogP contribution in [-0.4, -0.2) is 17.7 Å². The van der Waals surface area contributed by atoms with Crippen LogP contribution in [0.4, 0.5) is 17.1 Å². The Morgan fingerprint density at radius 2 is 1.44 bits per heavy atom. The molecule has 130 valence electrons. The fourth-order valence-electron chi connectivity index (χ4n) is 2.20. The van der Waals surface area contributed by atoms with Crippen LogP contribution in [0.3, 0.4) is 0 Å². The third-order valence-electron chi connectivity index (χ3n) is 3.35. The monoisotopic (exact) mass is 359 g/mol. The van der Waals surface area contributed by atoms with Gasteiger partial charge >= 0.3 is 0 Å². The van der Waals surface area contributed by atoms with Gasteiger partial charge < -0.3 is 16.0 Å². The van der Waals surface area contributed by atoms with E-state index in [1.54, 1.807) is 36.4 Å². The molecule has 3 amide bonds. The summed E-state index contributed by atoms with van der Waals surface area (Å²) in [5, 5.41) is 8.46. The maximum absolute atomic E-state index is 12.5. The second-order valence-electron chi connectivity index (χ2n) is 5.54. The fourth-order valence-corrected chi connectivity index (χ4v) is 2.37. The average Bonchev–Trinajstić information content (AvgIpc) is 2.51. The first-order valence-corrected chi connectivity index (χ1v) is 7.91. The second kappa shape index (κ2) is 7.81. The summed E-state index contributed by atoms with van der Waals surface area (Å²) in [4.78, 5) is 35.1. The summed E-state index contributed by atoms with van der Waals surface area (Å²) >= 11 is 5.97. The smallest absolute Gasteiger partial charge is 0.255 e. The van der Waals surface area contributed by atoms with Crippen molar-refractivity contribution in [1.29, 1.82) is 0 Å². The molecule has 0 fully saturated rings. The van der Waals surface area contributed by atoms with Crippen molar-refractivity contribution >= 4 is 46.4 Å². The number of amides is 3. The van der Waals surface area contributed by atoms with E-state index in [1.165, 1.54) is 13.8 Å². The van der Waals surface area contributed by atoms with E-state index in [2.05, 4.69) is 16.0 Å². The third-order valence-corrected chi connectivity index (χ3v) is 3.59. The van der Waals surface area contributed by atoms with Crippen molar-refractivity contribution in [2.75, 3.05) is 16.0 Å². The van der Waals surface area contributed by atoms with E-state index in [1.807, 2.05) is 6.92 Å². The van der Waals surface area contributed by atoms with E-state index < -0.39 is 0 Å². The van der Waals surface area contributed by atoms with Crippen molar-refractivity contribution < 1.29 is 14.4 Å². The Balaban J connectivity index is 2.29. The summed E-state index contributed by atoms with van der Waals surface area (Å²) in [5.74, 6) is -0.870. The van der Waals surface area contributed by atoms with Crippen LogP contribution in [0.2, 0.25) is 5.02 Å². The van der Waals surface area contributed by atoms with Gasteiger partial charge in [-0.05, 0) is 42.8 Å². The molecule has 0 heterocycles. The topological polar surface area (TPSA) is 87.3 Å². The van der Waals surface area contributed by atoms with Gasteiger partial charge in [-0.2, -0.15) is 0 Å². The van der Waals surface area contributed by atoms with Gasteiger partial charge in [-0.3, -0.25) is 14.4 Å². The highest BCUT2D eigenvalue weighted by atomic mass is 35.5. The van der Waals surface area contributed by atoms with Crippen molar-refractivity contribution in [3.05, 3.63) is 52.5 Å². The molecule has 0 aliphatic carbocycles. The van der Waals surface area contributed by atoms with Gasteiger partial charge in [0.2, 0.25) is 11.8 Å². The molecule has 6 nitrogen and oxygen atoms in total. The Morgan fingerprint density at radius 3 is 2.08 bits per heavy atom. The largest absolute Gasteiger partial charge is 0.326 e. The first kappa shape index (κ1) is 18.5. The molecule has 0 spiro atoms. The van der Waals surface area contributed by atoms with Crippen molar-refractivity contribution in [3.8, 4) is 0 Å². The summed E-state index contributed by atoms with van der Waals surface area (Å²) in [6.07, 6.45) is 0. The highest BCUT2D eigenvalue weighted by Crippen LogP contribution is 2.27. The van der Waals surface area contributed by atoms with Crippen molar-refractivity contribution in [2.45, 2.75) is 20.8 Å². The molecule has 7 heteroatoms. The highest BCUT2D eigenvalue weighted by molar-refractivity contribution is 6.31. The van der Waals surface area contributed by atoms with Crippen LogP contribution in [0, 0.1) is 6.92 Å². The lowest BCUT2D eigenvalue weighted by atomic mass is 10.1. The Morgan fingerprint density at radius 1 is 0.800 bits per heavy atom. The molecule has 0 aliphatic rings. The molecule has 2 aromatic rings. The normalized spacial score (nSPS) is 10.1. The summed E-state index contributed by atoms with van der Waals surface area (Å²) in [6, 6.07) is 9.76. The van der Waals surface area contributed by atoms with Crippen LogP contribution in [0.15, 0.2) is 36.4 Å². The Kier molecular flexibility index (Phi) is 5.77. The van der Waals surface area contributed by atoms with Gasteiger partial charge in [0.05, 0.1) is 11.4 Å². The number of nitrogens with one attached hydrogen (secondary N) is 3. The SMILES string of the molecule is CC(=O)Nc1cc(C(=O)Nc2cc(Cl)ccc2NC(C)=O)ccc1C. The van der Waals surface area contributed by atoms with E-state index in [-0.39, 0.29) is 17.7 Å². The molecule has 0 atom stereocenters. The van der Waals surface area contributed by atoms with Crippen LogP contribution < -0.4 is 16.0 Å². The second-order valence-corrected chi connectivity index (χ2v) is 5.97. The number of rotatable bonds is 4. The maximum Gasteiger partial charge on any atom is 0.255 e. The number of carbonyl (C=O) groups is 3. The Bertz CT molecular complexity index is 849. The average molecular weight is 360 g/mol. The van der Waals surface area contributed by atoms with Gasteiger partial charge in [0.25, 0.3) is 5.91 Å². The number of anilines is 3. The number of hydrogen-bond donors (Lipinski definition) is 3. The van der Waals surface area contributed by atoms with Gasteiger partial charge in [-0.1, -0.05) is 17.7 Å². The van der Waals surface area contributed by atoms with Crippen molar-refractivity contribution in [2.24, 2.45) is 0 Å². The predicted octanol–water partition coefficient (Wildman–Crippen LogP) is 3.82. The highest BCUT2D eigenvalue weighted by Gasteiger charge is 2.12. The molecule has 0 saturated heterocycles. The molecule has 0 radical (unpaired) electrons. The lowest BCUT2D eigenvalue weighted by Gasteiger charge is -2.13. The zero-order chi connectivity index (χ0) is 18.6. The lowest BCUT2D eigenvalue weighted by Crippen LogP contribution is -2.16. The predicted molar refractivity (Wildman–Crippen MR) is 99.2 cm³/mol. The fraction of sp³-hybridized carbons (Fsp3) is 0.167. The minimum absolute atomic E-state index is 0.219. The maximum atomic E-state index is 12.5. The molecule has 0 aliphatic heterocycles. The molecule has 0 saturated carbocycles. The van der Waals surface area contributed by atoms with Gasteiger partial charge in [-0.15, -0.1) is 0 Å². The number of hydrogen-bond acceptors (Lipinski definition) is 3. The van der Waals surface area contributed by atoms with Crippen molar-refractivity contribution in [1.82, 2.24) is 0 Å². The summed E-state index contributed by atoms with van der Waals surface area (Å²) in [7, 11) is 0. The van der Waals surface area contributed by atoms with Crippen molar-refractivity contribution in [3.63, 3.8) is 0 Å². The Hall–Kier alpha value is -2.86. The lowest BCUT2D eigenvalue weighted by molar-refractivity contribution is -0.115. The molecule has 0 aromatic heterocycles. The zero-order valence-corrected chi connectivity index (χ0v) is 14.8. The molecule has 0 bridgehead atoms. The summed E-state index contributed by atoms with van der Waals surface area (Å²) < 4.78 is 0. The van der Waals surface area contributed by atoms with Gasteiger partial charge in [0, 0.05) is 30.1 Å². The summed E-state index contributed by atoms with van der Waals surface area (Å²) in [6.45, 7) is 4.61. The van der Waals surface area contributed by atoms with Gasteiger partial charge in [-0.25, -0.2) is 0 Å². The number of aryl methyl sites for hydroxylation is 1. The number of carbonyl (C=O) groups excluding carboxylic acids is 3. The first-order valence-electron chi connectivity index (χ1n) is 7.53. The van der Waals surface area contributed by atoms with E-state index >= 15 is 0 Å². The molecule has 2 aromatic carbocycles. The van der Waals surface area contributed by atoms with Crippen LogP contribution in [-0.2, 0) is 9.59 Å². The molecule has 25 heavy (non-hydrogen) atoms. The van der Waals surface area contributed by atoms with Gasteiger partial charge in [0.15, 0.2) is 0 Å². The molecule has 3 N–H and O–H groups in total. The van der Waals surface area contributed by atoms with Crippen LogP contribution >= 0.6 is 11.6 Å². The van der Waals surface area contributed by atoms with E-state index in [0.717, 1.165) is 5.56 Å². The zero-order valence-electron chi connectivity index (χ0n) is 14.1. The molecule has 0 unspecified atom stereocenters. The van der Waals surface area contributed by atoms with Crippen LogP contribution in [0.25, 0.3) is 0 Å². The van der Waals surface area contributed by atoms with E-state index in [0.29, 0.717) is 27.6 Å². The molecule has 2 rings (SSSR count).